The zero-order valence-corrected chi connectivity index (χ0v) is 14.9. The topological polar surface area (TPSA) is 94.0 Å². The number of carbonyl (C=O) groups is 1. The van der Waals surface area contributed by atoms with Gasteiger partial charge in [0.1, 0.15) is 29.8 Å². The fourth-order valence-corrected chi connectivity index (χ4v) is 3.30. The molecular formula is C19H21N3O5. The van der Waals surface area contributed by atoms with Crippen LogP contribution in [-0.2, 0) is 9.47 Å². The first-order valence-electron chi connectivity index (χ1n) is 8.85. The van der Waals surface area contributed by atoms with E-state index in [9.17, 15) is 4.79 Å². The van der Waals surface area contributed by atoms with Crippen molar-refractivity contribution >= 4 is 11.7 Å². The van der Waals surface area contributed by atoms with E-state index in [0.29, 0.717) is 32.1 Å². The van der Waals surface area contributed by atoms with E-state index in [1.807, 2.05) is 19.1 Å². The minimum absolute atomic E-state index is 0.0293. The Morgan fingerprint density at radius 3 is 2.56 bits per heavy atom. The molecule has 2 aromatic heterocycles. The average molecular weight is 371 g/mol. The largest absolute Gasteiger partial charge is 0.484 e. The number of aromatic nitrogens is 2. The number of rotatable bonds is 4. The van der Waals surface area contributed by atoms with Gasteiger partial charge in [-0.1, -0.05) is 0 Å². The molecule has 1 N–H and O–H groups in total. The Hall–Kier alpha value is -2.71. The molecule has 4 rings (SSSR count). The summed E-state index contributed by atoms with van der Waals surface area (Å²) in [5.74, 6) is -0.340. The van der Waals surface area contributed by atoms with E-state index in [1.165, 1.54) is 6.20 Å². The molecule has 2 atom stereocenters. The van der Waals surface area contributed by atoms with E-state index in [0.717, 1.165) is 11.4 Å². The number of nitrogens with zero attached hydrogens (tertiary/aromatic N) is 3. The second-order valence-corrected chi connectivity index (χ2v) is 6.73. The van der Waals surface area contributed by atoms with Crippen LogP contribution in [0.5, 0.6) is 5.75 Å². The van der Waals surface area contributed by atoms with Gasteiger partial charge in [0.15, 0.2) is 0 Å². The summed E-state index contributed by atoms with van der Waals surface area (Å²) in [4.78, 5) is 21.3. The second kappa shape index (κ2) is 7.50. The molecule has 8 heteroatoms. The summed E-state index contributed by atoms with van der Waals surface area (Å²) in [6.45, 7) is 4.05. The molecule has 2 aliphatic rings. The molecular weight excluding hydrogens is 350 g/mol. The van der Waals surface area contributed by atoms with Crippen molar-refractivity contribution in [3.63, 3.8) is 0 Å². The minimum Gasteiger partial charge on any atom is -0.484 e. The van der Waals surface area contributed by atoms with Crippen LogP contribution in [-0.4, -0.2) is 65.7 Å². The van der Waals surface area contributed by atoms with Crippen molar-refractivity contribution in [1.82, 2.24) is 9.97 Å². The average Bonchev–Trinajstić information content (AvgIpc) is 3.00. The number of hydrogen-bond donors (Lipinski definition) is 1. The van der Waals surface area contributed by atoms with E-state index in [1.54, 1.807) is 18.3 Å². The number of fused-ring (bicyclic) bond motifs is 1. The first-order chi connectivity index (χ1) is 13.1. The number of aromatic carboxylic acids is 1. The third kappa shape index (κ3) is 4.01. The van der Waals surface area contributed by atoms with Gasteiger partial charge in [-0.25, -0.2) is 9.78 Å². The molecule has 4 heterocycles. The van der Waals surface area contributed by atoms with Crippen molar-refractivity contribution in [1.29, 1.82) is 0 Å². The number of anilines is 1. The Bertz CT molecular complexity index is 797. The van der Waals surface area contributed by atoms with Gasteiger partial charge in [0.25, 0.3) is 0 Å². The molecule has 2 fully saturated rings. The van der Waals surface area contributed by atoms with Crippen LogP contribution < -0.4 is 9.64 Å². The number of carboxylic acid groups (broad SMARTS) is 1. The lowest BCUT2D eigenvalue weighted by Gasteiger charge is -2.21. The van der Waals surface area contributed by atoms with Crippen molar-refractivity contribution in [2.45, 2.75) is 25.2 Å². The lowest BCUT2D eigenvalue weighted by Crippen LogP contribution is -2.29. The molecule has 0 radical (unpaired) electrons. The van der Waals surface area contributed by atoms with Gasteiger partial charge in [0, 0.05) is 30.7 Å². The highest BCUT2D eigenvalue weighted by Crippen LogP contribution is 2.26. The number of pyridine rings is 2. The fourth-order valence-electron chi connectivity index (χ4n) is 3.30. The maximum absolute atomic E-state index is 11.1. The molecule has 8 nitrogen and oxygen atoms in total. The number of carboxylic acids is 1. The SMILES string of the molecule is Cc1ccc(OC2CO[C@H]3CN(c4ccnc(C(=O)O)c4)C[C@@H]3OC2)cn1. The highest BCUT2D eigenvalue weighted by atomic mass is 16.6. The van der Waals surface area contributed by atoms with E-state index in [2.05, 4.69) is 14.9 Å². The van der Waals surface area contributed by atoms with Gasteiger partial charge in [-0.15, -0.1) is 0 Å². The van der Waals surface area contributed by atoms with Crippen LogP contribution >= 0.6 is 0 Å². The van der Waals surface area contributed by atoms with Crippen LogP contribution in [0.1, 0.15) is 16.2 Å². The Morgan fingerprint density at radius 2 is 1.93 bits per heavy atom. The molecule has 2 aromatic rings. The van der Waals surface area contributed by atoms with Crippen LogP contribution in [0.4, 0.5) is 5.69 Å². The van der Waals surface area contributed by atoms with Crippen LogP contribution in [0.25, 0.3) is 0 Å². The third-order valence-electron chi connectivity index (χ3n) is 4.72. The Balaban J connectivity index is 1.37. The number of aryl methyl sites for hydroxylation is 1. The maximum atomic E-state index is 11.1. The first-order valence-corrected chi connectivity index (χ1v) is 8.85. The summed E-state index contributed by atoms with van der Waals surface area (Å²) in [5, 5.41) is 9.11. The zero-order valence-electron chi connectivity index (χ0n) is 14.9. The van der Waals surface area contributed by atoms with E-state index >= 15 is 0 Å². The lowest BCUT2D eigenvalue weighted by molar-refractivity contribution is -0.00461. The lowest BCUT2D eigenvalue weighted by atomic mass is 10.3. The van der Waals surface area contributed by atoms with Crippen LogP contribution in [0.2, 0.25) is 0 Å². The van der Waals surface area contributed by atoms with E-state index < -0.39 is 5.97 Å². The molecule has 27 heavy (non-hydrogen) atoms. The number of hydrogen-bond acceptors (Lipinski definition) is 7. The third-order valence-corrected chi connectivity index (χ3v) is 4.72. The summed E-state index contributed by atoms with van der Waals surface area (Å²) < 4.78 is 18.0. The van der Waals surface area contributed by atoms with Gasteiger partial charge in [-0.05, 0) is 31.2 Å². The predicted octanol–water partition coefficient (Wildman–Crippen LogP) is 1.53. The van der Waals surface area contributed by atoms with E-state index in [-0.39, 0.29) is 24.0 Å². The van der Waals surface area contributed by atoms with Crippen molar-refractivity contribution in [2.24, 2.45) is 0 Å². The van der Waals surface area contributed by atoms with Crippen LogP contribution in [0.15, 0.2) is 36.7 Å². The van der Waals surface area contributed by atoms with Gasteiger partial charge in [0.05, 0.1) is 19.4 Å². The molecule has 0 aliphatic carbocycles. The highest BCUT2D eigenvalue weighted by molar-refractivity contribution is 5.86. The quantitative estimate of drug-likeness (QED) is 0.865. The van der Waals surface area contributed by atoms with Crippen LogP contribution in [0, 0.1) is 6.92 Å². The monoisotopic (exact) mass is 371 g/mol. The van der Waals surface area contributed by atoms with Crippen molar-refractivity contribution in [3.05, 3.63) is 48.0 Å². The normalized spacial score (nSPS) is 22.9. The van der Waals surface area contributed by atoms with Crippen LogP contribution in [0.3, 0.4) is 0 Å². The minimum atomic E-state index is -1.04. The molecule has 0 unspecified atom stereocenters. The Morgan fingerprint density at radius 1 is 1.19 bits per heavy atom. The van der Waals surface area contributed by atoms with Crippen molar-refractivity contribution < 1.29 is 24.1 Å². The summed E-state index contributed by atoms with van der Waals surface area (Å²) in [7, 11) is 0. The summed E-state index contributed by atoms with van der Waals surface area (Å²) in [5.41, 5.74) is 1.77. The van der Waals surface area contributed by atoms with Gasteiger partial charge >= 0.3 is 5.97 Å². The maximum Gasteiger partial charge on any atom is 0.354 e. The standard InChI is InChI=1S/C19H21N3O5/c1-12-2-3-14(7-21-12)27-15-10-25-17-8-22(9-18(17)26-11-15)13-4-5-20-16(6-13)19(23)24/h2-7,15,17-18H,8-11H2,1H3,(H,23,24)/t17-,18-/m0/s1. The van der Waals surface area contributed by atoms with Crippen molar-refractivity contribution in [3.8, 4) is 5.75 Å². The van der Waals surface area contributed by atoms with Gasteiger partial charge in [-0.2, -0.15) is 0 Å². The van der Waals surface area contributed by atoms with Crippen molar-refractivity contribution in [2.75, 3.05) is 31.2 Å². The van der Waals surface area contributed by atoms with E-state index in [4.69, 9.17) is 19.3 Å². The second-order valence-electron chi connectivity index (χ2n) is 6.73. The van der Waals surface area contributed by atoms with Gasteiger partial charge in [0.2, 0.25) is 0 Å². The molecule has 0 spiro atoms. The summed E-state index contributed by atoms with van der Waals surface area (Å²) >= 11 is 0. The smallest absolute Gasteiger partial charge is 0.354 e. The number of ether oxygens (including phenoxy) is 3. The predicted molar refractivity (Wildman–Crippen MR) is 96.3 cm³/mol. The molecule has 0 aromatic carbocycles. The van der Waals surface area contributed by atoms with Gasteiger partial charge in [-0.3, -0.25) is 4.98 Å². The molecule has 2 saturated heterocycles. The molecule has 0 saturated carbocycles. The molecule has 142 valence electrons. The summed E-state index contributed by atoms with van der Waals surface area (Å²) in [6, 6.07) is 7.16. The fraction of sp³-hybridized carbons (Fsp3) is 0.421. The Labute approximate surface area is 156 Å². The molecule has 0 bridgehead atoms. The molecule has 0 amide bonds. The van der Waals surface area contributed by atoms with Gasteiger partial charge < -0.3 is 24.2 Å². The first kappa shape index (κ1) is 17.7. The summed E-state index contributed by atoms with van der Waals surface area (Å²) in [6.07, 6.45) is 2.85. The molecule has 2 aliphatic heterocycles. The highest BCUT2D eigenvalue weighted by Gasteiger charge is 2.38. The zero-order chi connectivity index (χ0) is 18.8. The Kier molecular flexibility index (Phi) is 4.91.